The molecule has 0 amide bonds. The lowest BCUT2D eigenvalue weighted by molar-refractivity contribution is -0.122. The Hall–Kier alpha value is -6.52. The third-order valence-corrected chi connectivity index (χ3v) is 21.6. The van der Waals surface area contributed by atoms with Crippen LogP contribution in [0.25, 0.3) is 0 Å². The highest BCUT2D eigenvalue weighted by Crippen LogP contribution is 2.36. The molecule has 14 heteroatoms. The molecule has 2 fully saturated rings. The van der Waals surface area contributed by atoms with E-state index >= 15 is 0 Å². The second kappa shape index (κ2) is 60.0. The molecule has 0 N–H and O–H groups in total. The van der Waals surface area contributed by atoms with Gasteiger partial charge in [-0.3, -0.25) is 19.0 Å². The number of aryl methyl sites for hydroxylation is 2. The third kappa shape index (κ3) is 43.1. The van der Waals surface area contributed by atoms with Gasteiger partial charge in [-0.25, -0.2) is 0 Å². The minimum absolute atomic E-state index is 0.0244. The van der Waals surface area contributed by atoms with Gasteiger partial charge < -0.3 is 28.4 Å². The Morgan fingerprint density at radius 2 is 0.754 bits per heavy atom. The summed E-state index contributed by atoms with van der Waals surface area (Å²) in [5.74, 6) is 7.39. The van der Waals surface area contributed by atoms with Crippen molar-refractivity contribution in [2.45, 2.75) is 323 Å². The number of carbonyl (C=O) groups is 2. The summed E-state index contributed by atoms with van der Waals surface area (Å²) in [4.78, 5) is 24.3. The van der Waals surface area contributed by atoms with Gasteiger partial charge in [-0.15, -0.1) is 10.2 Å². The van der Waals surface area contributed by atoms with Crippen molar-refractivity contribution in [2.24, 2.45) is 53.3 Å². The normalized spacial score (nSPS) is 16.0. The summed E-state index contributed by atoms with van der Waals surface area (Å²) < 4.78 is 37.7. The minimum atomic E-state index is -0.0244. The molecule has 0 aliphatic heterocycles. The number of hydrogen-bond donors (Lipinski definition) is 0. The number of nitrogens with zero attached hydrogens (tertiary/aromatic N) is 6. The Kier molecular flexibility index (Phi) is 51.6. The van der Waals surface area contributed by atoms with Gasteiger partial charge in [-0.05, 0) is 156 Å². The summed E-state index contributed by atoms with van der Waals surface area (Å²) in [7, 11) is 0. The Bertz CT molecular complexity index is 3460. The molecule has 634 valence electrons. The van der Waals surface area contributed by atoms with E-state index in [1.807, 2.05) is 18.2 Å². The van der Waals surface area contributed by atoms with Crippen molar-refractivity contribution in [3.63, 3.8) is 0 Å². The van der Waals surface area contributed by atoms with Crippen molar-refractivity contribution < 1.29 is 38.0 Å². The highest BCUT2D eigenvalue weighted by atomic mass is 16.5. The van der Waals surface area contributed by atoms with Crippen LogP contribution in [0, 0.1) is 53.3 Å². The molecule has 7 aromatic rings. The topological polar surface area (TPSA) is 151 Å². The fraction of sp³-hybridized carbons (Fsp3) is 0.640. The Labute approximate surface area is 692 Å². The highest BCUT2D eigenvalue weighted by molar-refractivity contribution is 5.86. The number of rotatable bonds is 49. The summed E-state index contributed by atoms with van der Waals surface area (Å²) in [6.07, 6.45) is 32.6. The van der Waals surface area contributed by atoms with Gasteiger partial charge in [-0.1, -0.05) is 325 Å². The molecule has 14 nitrogen and oxygen atoms in total. The van der Waals surface area contributed by atoms with Crippen LogP contribution in [0.2, 0.25) is 0 Å². The molecule has 2 aromatic heterocycles. The second-order valence-corrected chi connectivity index (χ2v) is 34.4. The zero-order valence-electron chi connectivity index (χ0n) is 74.0. The van der Waals surface area contributed by atoms with Crippen molar-refractivity contribution in [1.82, 2.24) is 30.0 Å². The summed E-state index contributed by atoms with van der Waals surface area (Å²) in [6.45, 7) is 43.3. The first-order valence-corrected chi connectivity index (χ1v) is 44.9. The molecule has 0 saturated heterocycles. The molecule has 2 aliphatic rings. The van der Waals surface area contributed by atoms with Crippen molar-refractivity contribution in [1.29, 1.82) is 0 Å². The Morgan fingerprint density at radius 1 is 0.386 bits per heavy atom. The largest absolute Gasteiger partial charge is 0.377 e. The predicted molar refractivity (Wildman–Crippen MR) is 471 cm³/mol. The summed E-state index contributed by atoms with van der Waals surface area (Å²) in [5, 5.41) is 17.5. The number of hydrogen-bond acceptors (Lipinski definition) is 12. The standard InChI is InChI=1S/C25H34O3.C23H35N3.C19H30O3.C17H31N3.C16H26O2/c1-4-16-27-18-21-12-14-22(15-13-21)19-28-17-8-11-24(26)25(20(2)3)23-9-6-5-7-10-23;1-4-8-19-11-13-20(14-12-19)15-16-26-17-22(24-25-26)23(18(2)3)21-9-6-5-7-10-21;1-4-11-21-14-17-7-9-18(10-8-17)15-22-12-5-6-19(20)13-16(2)3;1-4-5-15-6-8-16(9-7-15)10-11-20-13-17(18-19-20)12-14(2)3;1-4-10-17-12-15-5-7-16(8-6-15)13-18-11-9-14(2)3/h5-7,9-10,12-15,20,25H,4,8,11,16-19H2,1-3H3;5-7,9-10,17-20,23H,4,8,11-16H2,1-3H3;7-10,16H,4-6,11-15H2,1-3H3;13-16H,4-12H2,1-3H3;5-8,14H,4,9-13H2,1-3H3. The van der Waals surface area contributed by atoms with Crippen LogP contribution >= 0.6 is 0 Å². The van der Waals surface area contributed by atoms with E-state index in [1.54, 1.807) is 0 Å². The van der Waals surface area contributed by atoms with Gasteiger partial charge in [0.25, 0.3) is 0 Å². The predicted octanol–water partition coefficient (Wildman–Crippen LogP) is 25.2. The van der Waals surface area contributed by atoms with Crippen LogP contribution in [0.15, 0.2) is 146 Å². The SMILES string of the molecule is CCCC1CCC(CCn2cc(C(c3ccccc3)C(C)C)nn2)CC1.CCCC1CCC(CCn2cc(CC(C)C)nn2)CC1.CCCOCc1ccc(COCCC(C)C)cc1.CCCOCc1ccc(COCCCC(=O)C(c2ccccc2)C(C)C)cc1.CCCOCc1ccc(COCCCC(=O)CC(C)C)cc1. The molecule has 2 atom stereocenters. The van der Waals surface area contributed by atoms with Gasteiger partial charge in [0.1, 0.15) is 11.6 Å². The van der Waals surface area contributed by atoms with Crippen molar-refractivity contribution in [3.05, 3.63) is 202 Å². The van der Waals surface area contributed by atoms with Crippen molar-refractivity contribution in [3.8, 4) is 0 Å². The number of ketones is 2. The Balaban J connectivity index is 0.000000257. The molecule has 5 aromatic carbocycles. The van der Waals surface area contributed by atoms with Crippen LogP contribution in [0.4, 0.5) is 0 Å². The van der Waals surface area contributed by atoms with E-state index in [0.717, 1.165) is 136 Å². The van der Waals surface area contributed by atoms with Crippen molar-refractivity contribution >= 4 is 11.6 Å². The molecule has 2 aliphatic carbocycles. The van der Waals surface area contributed by atoms with Crippen LogP contribution in [-0.4, -0.2) is 81.2 Å². The van der Waals surface area contributed by atoms with Crippen LogP contribution in [0.5, 0.6) is 0 Å². The van der Waals surface area contributed by atoms with Crippen LogP contribution in [0.3, 0.4) is 0 Å². The van der Waals surface area contributed by atoms with E-state index in [2.05, 4.69) is 261 Å². The maximum absolute atomic E-state index is 12.7. The van der Waals surface area contributed by atoms with E-state index in [9.17, 15) is 9.59 Å². The van der Waals surface area contributed by atoms with Gasteiger partial charge in [0, 0.05) is 96.2 Å². The molecule has 0 bridgehead atoms. The maximum atomic E-state index is 12.7. The average Bonchev–Trinajstić information content (AvgIpc) is 1.63. The summed E-state index contributed by atoms with van der Waals surface area (Å²) in [5.41, 5.74) is 11.9. The first-order valence-electron chi connectivity index (χ1n) is 44.9. The summed E-state index contributed by atoms with van der Waals surface area (Å²) in [6, 6.07) is 46.0. The van der Waals surface area contributed by atoms with Gasteiger partial charge in [0.05, 0.1) is 51.0 Å². The maximum Gasteiger partial charge on any atom is 0.140 e. The zero-order chi connectivity index (χ0) is 82.3. The van der Waals surface area contributed by atoms with E-state index in [-0.39, 0.29) is 5.92 Å². The fourth-order valence-corrected chi connectivity index (χ4v) is 15.3. The molecule has 114 heavy (non-hydrogen) atoms. The van der Waals surface area contributed by atoms with E-state index < -0.39 is 0 Å². The quantitative estimate of drug-likeness (QED) is 0.0334. The molecule has 0 radical (unpaired) electrons. The Morgan fingerprint density at radius 3 is 1.12 bits per heavy atom. The molecule has 0 spiro atoms. The lowest BCUT2D eigenvalue weighted by Gasteiger charge is -2.28. The highest BCUT2D eigenvalue weighted by Gasteiger charge is 2.26. The molecular formula is C100H156N6O8. The van der Waals surface area contributed by atoms with Crippen LogP contribution in [-0.2, 0) is 97.2 Å². The molecular weight excluding hydrogens is 1410 g/mol. The van der Waals surface area contributed by atoms with E-state index in [0.29, 0.717) is 119 Å². The fourth-order valence-electron chi connectivity index (χ4n) is 15.3. The monoisotopic (exact) mass is 1570 g/mol. The first kappa shape index (κ1) is 98.1. The number of Topliss-reactive ketones (excluding diaryl/α,β-unsaturated/α-hetero) is 2. The number of aromatic nitrogens is 6. The lowest BCUT2D eigenvalue weighted by atomic mass is 9.79. The van der Waals surface area contributed by atoms with Crippen molar-refractivity contribution in [2.75, 3.05) is 39.6 Å². The average molecular weight is 1570 g/mol. The lowest BCUT2D eigenvalue weighted by Crippen LogP contribution is -2.18. The van der Waals surface area contributed by atoms with Gasteiger partial charge in [0.2, 0.25) is 0 Å². The van der Waals surface area contributed by atoms with Gasteiger partial charge >= 0.3 is 0 Å². The smallest absolute Gasteiger partial charge is 0.140 e. The van der Waals surface area contributed by atoms with Crippen LogP contribution in [0.1, 0.15) is 319 Å². The number of benzene rings is 5. The van der Waals surface area contributed by atoms with E-state index in [4.69, 9.17) is 28.4 Å². The number of ether oxygens (including phenoxy) is 6. The van der Waals surface area contributed by atoms with E-state index in [1.165, 1.54) is 118 Å². The molecule has 2 saturated carbocycles. The zero-order valence-corrected chi connectivity index (χ0v) is 74.0. The van der Waals surface area contributed by atoms with Gasteiger partial charge in [-0.2, -0.15) is 0 Å². The van der Waals surface area contributed by atoms with Gasteiger partial charge in [0.15, 0.2) is 0 Å². The van der Waals surface area contributed by atoms with Crippen LogP contribution < -0.4 is 0 Å². The minimum Gasteiger partial charge on any atom is -0.377 e. The third-order valence-electron chi connectivity index (χ3n) is 21.6. The molecule has 2 unspecified atom stereocenters. The summed E-state index contributed by atoms with van der Waals surface area (Å²) >= 11 is 0. The second-order valence-electron chi connectivity index (χ2n) is 34.4. The first-order chi connectivity index (χ1) is 55.3. The molecule has 2 heterocycles. The molecule has 9 rings (SSSR count). The number of carbonyl (C=O) groups excluding carboxylic acids is 2.